The third-order valence-electron chi connectivity index (χ3n) is 4.37. The quantitative estimate of drug-likeness (QED) is 0.897. The SMILES string of the molecule is CCN(Cc1ccccc1)C(=O)CN1CCC(N)C(C)C1. The highest BCUT2D eigenvalue weighted by Crippen LogP contribution is 2.15. The van der Waals surface area contributed by atoms with E-state index in [-0.39, 0.29) is 11.9 Å². The van der Waals surface area contributed by atoms with Crippen molar-refractivity contribution in [2.24, 2.45) is 11.7 Å². The van der Waals surface area contributed by atoms with Gasteiger partial charge in [0.05, 0.1) is 6.54 Å². The molecule has 2 N–H and O–H groups in total. The van der Waals surface area contributed by atoms with Crippen LogP contribution in [0.5, 0.6) is 0 Å². The predicted molar refractivity (Wildman–Crippen MR) is 85.7 cm³/mol. The van der Waals surface area contributed by atoms with E-state index in [0.29, 0.717) is 19.0 Å². The summed E-state index contributed by atoms with van der Waals surface area (Å²) in [6, 6.07) is 10.4. The smallest absolute Gasteiger partial charge is 0.237 e. The largest absolute Gasteiger partial charge is 0.338 e. The summed E-state index contributed by atoms with van der Waals surface area (Å²) in [7, 11) is 0. The molecule has 0 bridgehead atoms. The molecule has 1 aliphatic rings. The lowest BCUT2D eigenvalue weighted by atomic mass is 9.95. The molecule has 0 aliphatic carbocycles. The predicted octanol–water partition coefficient (Wildman–Crippen LogP) is 1.70. The number of nitrogens with zero attached hydrogens (tertiary/aromatic N) is 2. The van der Waals surface area contributed by atoms with Gasteiger partial charge in [-0.3, -0.25) is 9.69 Å². The number of carbonyl (C=O) groups excluding carboxylic acids is 1. The molecule has 1 aromatic rings. The molecule has 0 saturated carbocycles. The third-order valence-corrected chi connectivity index (χ3v) is 4.37. The van der Waals surface area contributed by atoms with Crippen LogP contribution in [-0.2, 0) is 11.3 Å². The Morgan fingerprint density at radius 1 is 1.38 bits per heavy atom. The van der Waals surface area contributed by atoms with Crippen molar-refractivity contribution < 1.29 is 4.79 Å². The number of hydrogen-bond acceptors (Lipinski definition) is 3. The Bertz CT molecular complexity index is 449. The Balaban J connectivity index is 1.88. The summed E-state index contributed by atoms with van der Waals surface area (Å²) < 4.78 is 0. The lowest BCUT2D eigenvalue weighted by molar-refractivity contribution is -0.133. The number of amides is 1. The summed E-state index contributed by atoms with van der Waals surface area (Å²) in [4.78, 5) is 16.7. The fourth-order valence-electron chi connectivity index (χ4n) is 2.87. The molecule has 4 nitrogen and oxygen atoms in total. The third kappa shape index (κ3) is 4.55. The van der Waals surface area contributed by atoms with E-state index in [1.54, 1.807) is 0 Å². The van der Waals surface area contributed by atoms with E-state index >= 15 is 0 Å². The van der Waals surface area contributed by atoms with Crippen LogP contribution in [0.3, 0.4) is 0 Å². The summed E-state index contributed by atoms with van der Waals surface area (Å²) in [6.07, 6.45) is 0.985. The molecule has 0 spiro atoms. The highest BCUT2D eigenvalue weighted by atomic mass is 16.2. The molecule has 1 heterocycles. The van der Waals surface area contributed by atoms with Crippen molar-refractivity contribution in [3.63, 3.8) is 0 Å². The van der Waals surface area contributed by atoms with Crippen molar-refractivity contribution >= 4 is 5.91 Å². The van der Waals surface area contributed by atoms with Crippen molar-refractivity contribution in [2.75, 3.05) is 26.2 Å². The molecule has 2 rings (SSSR count). The molecule has 1 saturated heterocycles. The van der Waals surface area contributed by atoms with Crippen LogP contribution in [0.4, 0.5) is 0 Å². The molecular formula is C17H27N3O. The van der Waals surface area contributed by atoms with E-state index in [9.17, 15) is 4.79 Å². The summed E-state index contributed by atoms with van der Waals surface area (Å²) in [5.74, 6) is 0.680. The summed E-state index contributed by atoms with van der Waals surface area (Å²) in [5.41, 5.74) is 7.22. The van der Waals surface area contributed by atoms with E-state index in [1.807, 2.05) is 30.0 Å². The zero-order valence-corrected chi connectivity index (χ0v) is 13.2. The Morgan fingerprint density at radius 3 is 2.71 bits per heavy atom. The van der Waals surface area contributed by atoms with Gasteiger partial charge in [-0.1, -0.05) is 37.3 Å². The molecule has 21 heavy (non-hydrogen) atoms. The van der Waals surface area contributed by atoms with E-state index in [2.05, 4.69) is 24.0 Å². The van der Waals surface area contributed by atoms with Gasteiger partial charge in [0.25, 0.3) is 0 Å². The van der Waals surface area contributed by atoms with Gasteiger partial charge in [-0.25, -0.2) is 0 Å². The zero-order chi connectivity index (χ0) is 15.2. The van der Waals surface area contributed by atoms with Gasteiger partial charge in [-0.05, 0) is 24.8 Å². The van der Waals surface area contributed by atoms with Crippen molar-refractivity contribution in [1.29, 1.82) is 0 Å². The fraction of sp³-hybridized carbons (Fsp3) is 0.588. The maximum absolute atomic E-state index is 12.5. The van der Waals surface area contributed by atoms with E-state index in [0.717, 1.165) is 26.1 Å². The summed E-state index contributed by atoms with van der Waals surface area (Å²) in [6.45, 7) is 8.02. The Labute approximate surface area is 127 Å². The minimum absolute atomic E-state index is 0.212. The maximum Gasteiger partial charge on any atom is 0.237 e. The van der Waals surface area contributed by atoms with Gasteiger partial charge in [-0.2, -0.15) is 0 Å². The van der Waals surface area contributed by atoms with Crippen LogP contribution in [0.15, 0.2) is 30.3 Å². The molecule has 116 valence electrons. The van der Waals surface area contributed by atoms with E-state index in [1.165, 1.54) is 5.56 Å². The van der Waals surface area contributed by atoms with Gasteiger partial charge in [0.15, 0.2) is 0 Å². The molecule has 4 heteroatoms. The average molecular weight is 289 g/mol. The number of likely N-dealkylation sites (tertiary alicyclic amines) is 1. The molecule has 0 aromatic heterocycles. The fourth-order valence-corrected chi connectivity index (χ4v) is 2.87. The molecular weight excluding hydrogens is 262 g/mol. The van der Waals surface area contributed by atoms with Crippen molar-refractivity contribution in [3.8, 4) is 0 Å². The number of hydrogen-bond donors (Lipinski definition) is 1. The number of rotatable bonds is 5. The number of nitrogens with two attached hydrogens (primary N) is 1. The van der Waals surface area contributed by atoms with Crippen LogP contribution >= 0.6 is 0 Å². The molecule has 1 fully saturated rings. The van der Waals surface area contributed by atoms with Crippen molar-refractivity contribution in [3.05, 3.63) is 35.9 Å². The number of piperidine rings is 1. The molecule has 1 amide bonds. The van der Waals surface area contributed by atoms with Gasteiger partial charge in [0.2, 0.25) is 5.91 Å². The van der Waals surface area contributed by atoms with Crippen LogP contribution in [-0.4, -0.2) is 47.9 Å². The second kappa shape index (κ2) is 7.57. The lowest BCUT2D eigenvalue weighted by Gasteiger charge is -2.35. The topological polar surface area (TPSA) is 49.6 Å². The van der Waals surface area contributed by atoms with Crippen LogP contribution < -0.4 is 5.73 Å². The summed E-state index contributed by atoms with van der Waals surface area (Å²) in [5, 5.41) is 0. The standard InChI is InChI=1S/C17H27N3O/c1-3-20(12-15-7-5-4-6-8-15)17(21)13-19-10-9-16(18)14(2)11-19/h4-8,14,16H,3,9-13,18H2,1-2H3. The van der Waals surface area contributed by atoms with Gasteiger partial charge >= 0.3 is 0 Å². The van der Waals surface area contributed by atoms with Crippen LogP contribution in [0.25, 0.3) is 0 Å². The number of likely N-dealkylation sites (N-methyl/N-ethyl adjacent to an activating group) is 1. The second-order valence-corrected chi connectivity index (χ2v) is 6.06. The zero-order valence-electron chi connectivity index (χ0n) is 13.2. The molecule has 0 radical (unpaired) electrons. The molecule has 1 aliphatic heterocycles. The molecule has 2 unspecified atom stereocenters. The van der Waals surface area contributed by atoms with E-state index < -0.39 is 0 Å². The first-order chi connectivity index (χ1) is 10.1. The maximum atomic E-state index is 12.5. The van der Waals surface area contributed by atoms with Gasteiger partial charge < -0.3 is 10.6 Å². The Morgan fingerprint density at radius 2 is 2.10 bits per heavy atom. The minimum atomic E-state index is 0.212. The van der Waals surface area contributed by atoms with Gasteiger partial charge in [-0.15, -0.1) is 0 Å². The number of carbonyl (C=O) groups is 1. The summed E-state index contributed by atoms with van der Waals surface area (Å²) >= 11 is 0. The minimum Gasteiger partial charge on any atom is -0.338 e. The average Bonchev–Trinajstić information content (AvgIpc) is 2.49. The highest BCUT2D eigenvalue weighted by Gasteiger charge is 2.25. The normalized spacial score (nSPS) is 23.0. The van der Waals surface area contributed by atoms with E-state index in [4.69, 9.17) is 5.73 Å². The monoisotopic (exact) mass is 289 g/mol. The van der Waals surface area contributed by atoms with Crippen molar-refractivity contribution in [2.45, 2.75) is 32.9 Å². The Kier molecular flexibility index (Phi) is 5.76. The first-order valence-corrected chi connectivity index (χ1v) is 7.89. The first kappa shape index (κ1) is 16.0. The van der Waals surface area contributed by atoms with Crippen molar-refractivity contribution in [1.82, 2.24) is 9.80 Å². The van der Waals surface area contributed by atoms with Crippen LogP contribution in [0, 0.1) is 5.92 Å². The second-order valence-electron chi connectivity index (χ2n) is 6.06. The number of benzene rings is 1. The van der Waals surface area contributed by atoms with Gasteiger partial charge in [0.1, 0.15) is 0 Å². The Hall–Kier alpha value is -1.39. The highest BCUT2D eigenvalue weighted by molar-refractivity contribution is 5.78. The molecule has 2 atom stereocenters. The molecule has 1 aromatic carbocycles. The van der Waals surface area contributed by atoms with Gasteiger partial charge in [0, 0.05) is 32.2 Å². The first-order valence-electron chi connectivity index (χ1n) is 7.89. The lowest BCUT2D eigenvalue weighted by Crippen LogP contribution is -2.49. The van der Waals surface area contributed by atoms with Crippen LogP contribution in [0.2, 0.25) is 0 Å². The van der Waals surface area contributed by atoms with Crippen LogP contribution in [0.1, 0.15) is 25.8 Å².